The van der Waals surface area contributed by atoms with Gasteiger partial charge in [-0.1, -0.05) is 44.2 Å². The van der Waals surface area contributed by atoms with E-state index in [2.05, 4.69) is 5.32 Å². The van der Waals surface area contributed by atoms with Crippen molar-refractivity contribution in [1.29, 1.82) is 0 Å². The molecular formula is C16H21N3O4. The molecule has 4 amide bonds. The van der Waals surface area contributed by atoms with E-state index < -0.39 is 29.9 Å². The van der Waals surface area contributed by atoms with Crippen LogP contribution in [0.4, 0.5) is 4.79 Å². The van der Waals surface area contributed by atoms with Crippen molar-refractivity contribution >= 4 is 17.8 Å². The van der Waals surface area contributed by atoms with Gasteiger partial charge in [0.15, 0.2) is 0 Å². The Balaban J connectivity index is 2.08. The van der Waals surface area contributed by atoms with Crippen LogP contribution in [0.5, 0.6) is 0 Å². The van der Waals surface area contributed by atoms with Crippen LogP contribution in [0.3, 0.4) is 0 Å². The van der Waals surface area contributed by atoms with Gasteiger partial charge in [0, 0.05) is 0 Å². The van der Waals surface area contributed by atoms with Gasteiger partial charge in [-0.25, -0.2) is 15.2 Å². The van der Waals surface area contributed by atoms with E-state index in [0.29, 0.717) is 12.8 Å². The molecule has 3 N–H and O–H groups in total. The molecule has 1 saturated heterocycles. The van der Waals surface area contributed by atoms with Gasteiger partial charge >= 0.3 is 6.03 Å². The smallest absolute Gasteiger partial charge is 0.325 e. The van der Waals surface area contributed by atoms with Gasteiger partial charge < -0.3 is 5.32 Å². The third kappa shape index (κ3) is 3.68. The summed E-state index contributed by atoms with van der Waals surface area (Å²) in [5.74, 6) is -1.52. The maximum atomic E-state index is 12.5. The fourth-order valence-corrected chi connectivity index (χ4v) is 2.75. The molecule has 0 unspecified atom stereocenters. The predicted octanol–water partition coefficient (Wildman–Crippen LogP) is 1.07. The van der Waals surface area contributed by atoms with Crippen LogP contribution in [0, 0.1) is 5.92 Å². The molecule has 1 aliphatic rings. The number of rotatable bonds is 6. The van der Waals surface area contributed by atoms with Crippen LogP contribution < -0.4 is 10.8 Å². The van der Waals surface area contributed by atoms with E-state index in [1.165, 1.54) is 5.48 Å². The molecule has 124 valence electrons. The summed E-state index contributed by atoms with van der Waals surface area (Å²) in [4.78, 5) is 37.3. The molecule has 0 saturated carbocycles. The zero-order valence-corrected chi connectivity index (χ0v) is 13.2. The molecule has 0 aliphatic carbocycles. The quantitative estimate of drug-likeness (QED) is 0.415. The normalized spacial score (nSPS) is 19.0. The second-order valence-corrected chi connectivity index (χ2v) is 5.90. The number of imide groups is 1. The lowest BCUT2D eigenvalue weighted by molar-refractivity contribution is -0.142. The third-order valence-corrected chi connectivity index (χ3v) is 3.91. The van der Waals surface area contributed by atoms with Gasteiger partial charge in [0.1, 0.15) is 12.1 Å². The van der Waals surface area contributed by atoms with E-state index in [1.807, 2.05) is 30.3 Å². The van der Waals surface area contributed by atoms with Crippen molar-refractivity contribution in [3.8, 4) is 0 Å². The molecule has 0 radical (unpaired) electrons. The molecule has 1 aromatic carbocycles. The highest BCUT2D eigenvalue weighted by molar-refractivity contribution is 6.07. The molecule has 1 aromatic rings. The number of amides is 4. The van der Waals surface area contributed by atoms with Crippen LogP contribution in [0.25, 0.3) is 0 Å². The zero-order valence-electron chi connectivity index (χ0n) is 13.2. The Morgan fingerprint density at radius 3 is 2.52 bits per heavy atom. The molecule has 23 heavy (non-hydrogen) atoms. The molecule has 1 aliphatic heterocycles. The average Bonchev–Trinajstić information content (AvgIpc) is 2.81. The van der Waals surface area contributed by atoms with E-state index in [9.17, 15) is 14.4 Å². The van der Waals surface area contributed by atoms with Crippen molar-refractivity contribution in [2.24, 2.45) is 5.92 Å². The first-order valence-electron chi connectivity index (χ1n) is 7.57. The molecule has 0 spiro atoms. The van der Waals surface area contributed by atoms with Gasteiger partial charge in [-0.15, -0.1) is 0 Å². The molecule has 2 atom stereocenters. The van der Waals surface area contributed by atoms with Crippen molar-refractivity contribution in [2.45, 2.75) is 38.8 Å². The summed E-state index contributed by atoms with van der Waals surface area (Å²) in [6, 6.07) is 7.35. The monoisotopic (exact) mass is 319 g/mol. The van der Waals surface area contributed by atoms with Crippen molar-refractivity contribution in [1.82, 2.24) is 15.7 Å². The Labute approximate surface area is 134 Å². The highest BCUT2D eigenvalue weighted by Crippen LogP contribution is 2.20. The molecule has 0 aromatic heterocycles. The maximum Gasteiger partial charge on any atom is 0.325 e. The van der Waals surface area contributed by atoms with Crippen molar-refractivity contribution < 1.29 is 19.6 Å². The Morgan fingerprint density at radius 1 is 1.30 bits per heavy atom. The number of carbonyl (C=O) groups is 3. The number of nitrogens with zero attached hydrogens (tertiary/aromatic N) is 1. The van der Waals surface area contributed by atoms with Crippen molar-refractivity contribution in [3.63, 3.8) is 0 Å². The summed E-state index contributed by atoms with van der Waals surface area (Å²) in [6.45, 7) is 3.41. The lowest BCUT2D eigenvalue weighted by atomic mass is 10.0. The van der Waals surface area contributed by atoms with Crippen LogP contribution >= 0.6 is 0 Å². The van der Waals surface area contributed by atoms with E-state index in [-0.39, 0.29) is 5.92 Å². The lowest BCUT2D eigenvalue weighted by Gasteiger charge is -2.26. The van der Waals surface area contributed by atoms with Crippen LogP contribution in [0.15, 0.2) is 30.3 Å². The van der Waals surface area contributed by atoms with Crippen molar-refractivity contribution in [2.75, 3.05) is 0 Å². The molecule has 2 rings (SSSR count). The van der Waals surface area contributed by atoms with Crippen LogP contribution in [-0.4, -0.2) is 40.0 Å². The van der Waals surface area contributed by atoms with Gasteiger partial charge in [0.2, 0.25) is 0 Å². The van der Waals surface area contributed by atoms with E-state index in [4.69, 9.17) is 5.21 Å². The summed E-state index contributed by atoms with van der Waals surface area (Å²) in [7, 11) is 0. The minimum atomic E-state index is -1.03. The van der Waals surface area contributed by atoms with Gasteiger partial charge in [-0.3, -0.25) is 14.8 Å². The Morgan fingerprint density at radius 2 is 1.96 bits per heavy atom. The second kappa shape index (κ2) is 7.23. The first kappa shape index (κ1) is 17.0. The number of carbonyl (C=O) groups excluding carboxylic acids is 3. The summed E-state index contributed by atoms with van der Waals surface area (Å²) in [5.41, 5.74) is 2.60. The number of benzene rings is 1. The molecule has 7 heteroatoms. The Bertz CT molecular complexity index is 588. The topological polar surface area (TPSA) is 98.7 Å². The number of hydrogen-bond acceptors (Lipinski definition) is 4. The molecule has 1 fully saturated rings. The minimum Gasteiger partial charge on any atom is -0.326 e. The molecule has 1 heterocycles. The number of hydroxylamine groups is 1. The summed E-state index contributed by atoms with van der Waals surface area (Å²) >= 11 is 0. The number of hydrogen-bond donors (Lipinski definition) is 3. The maximum absolute atomic E-state index is 12.5. The zero-order chi connectivity index (χ0) is 17.0. The SMILES string of the molecule is CC(C)[C@H](C(=O)NO)N1C(=O)N[C@@H](CCc2ccccc2)C1=O. The first-order chi connectivity index (χ1) is 11.0. The van der Waals surface area contributed by atoms with Gasteiger partial charge in [-0.05, 0) is 24.3 Å². The molecule has 7 nitrogen and oxygen atoms in total. The fraction of sp³-hybridized carbons (Fsp3) is 0.438. The van der Waals surface area contributed by atoms with Crippen LogP contribution in [0.1, 0.15) is 25.8 Å². The van der Waals surface area contributed by atoms with E-state index in [1.54, 1.807) is 13.8 Å². The van der Waals surface area contributed by atoms with Crippen LogP contribution in [-0.2, 0) is 16.0 Å². The Kier molecular flexibility index (Phi) is 5.33. The summed E-state index contributed by atoms with van der Waals surface area (Å²) in [5, 5.41) is 11.4. The largest absolute Gasteiger partial charge is 0.326 e. The van der Waals surface area contributed by atoms with Crippen molar-refractivity contribution in [3.05, 3.63) is 35.9 Å². The average molecular weight is 319 g/mol. The van der Waals surface area contributed by atoms with Gasteiger partial charge in [0.05, 0.1) is 0 Å². The van der Waals surface area contributed by atoms with Gasteiger partial charge in [0.25, 0.3) is 11.8 Å². The standard InChI is InChI=1S/C16H21N3O4/c1-10(2)13(14(20)18-23)19-15(21)12(17-16(19)22)9-8-11-6-4-3-5-7-11/h3-7,10,12-13,23H,8-9H2,1-2H3,(H,17,22)(H,18,20)/t12-,13+/m0/s1. The Hall–Kier alpha value is -2.41. The summed E-state index contributed by atoms with van der Waals surface area (Å²) < 4.78 is 0. The minimum absolute atomic E-state index is 0.315. The van der Waals surface area contributed by atoms with E-state index in [0.717, 1.165) is 10.5 Å². The highest BCUT2D eigenvalue weighted by Gasteiger charge is 2.45. The fourth-order valence-electron chi connectivity index (χ4n) is 2.75. The summed E-state index contributed by atoms with van der Waals surface area (Å²) in [6.07, 6.45) is 1.10. The molecule has 0 bridgehead atoms. The van der Waals surface area contributed by atoms with Gasteiger partial charge in [-0.2, -0.15) is 0 Å². The lowest BCUT2D eigenvalue weighted by Crippen LogP contribution is -2.52. The third-order valence-electron chi connectivity index (χ3n) is 3.91. The number of nitrogens with one attached hydrogen (secondary N) is 2. The second-order valence-electron chi connectivity index (χ2n) is 5.90. The van der Waals surface area contributed by atoms with Crippen LogP contribution in [0.2, 0.25) is 0 Å². The molecular weight excluding hydrogens is 298 g/mol. The number of urea groups is 1. The number of aryl methyl sites for hydroxylation is 1. The highest BCUT2D eigenvalue weighted by atomic mass is 16.5. The predicted molar refractivity (Wildman–Crippen MR) is 82.5 cm³/mol. The first-order valence-corrected chi connectivity index (χ1v) is 7.57. The van der Waals surface area contributed by atoms with E-state index >= 15 is 0 Å².